The Morgan fingerprint density at radius 2 is 1.93 bits per heavy atom. The van der Waals surface area contributed by atoms with Gasteiger partial charge in [0, 0.05) is 39.0 Å². The molecule has 0 unspecified atom stereocenters. The van der Waals surface area contributed by atoms with Gasteiger partial charge in [-0.25, -0.2) is 14.8 Å². The number of rotatable bonds is 4. The molecule has 1 amide bonds. The van der Waals surface area contributed by atoms with Crippen LogP contribution in [0.15, 0.2) is 18.5 Å². The van der Waals surface area contributed by atoms with Gasteiger partial charge in [0.2, 0.25) is 11.9 Å². The number of aromatic nitrogens is 2. The number of hydrogen-bond donors (Lipinski definition) is 1. The molecule has 0 saturated carbocycles. The molecule has 0 aliphatic carbocycles. The van der Waals surface area contributed by atoms with Crippen molar-refractivity contribution in [3.05, 3.63) is 18.5 Å². The zero-order valence-electron chi connectivity index (χ0n) is 14.7. The lowest BCUT2D eigenvalue weighted by atomic mass is 9.96. The highest BCUT2D eigenvalue weighted by Crippen LogP contribution is 2.33. The molecule has 3 rings (SSSR count). The van der Waals surface area contributed by atoms with Crippen LogP contribution < -0.4 is 4.90 Å². The third-order valence-corrected chi connectivity index (χ3v) is 4.47. The Morgan fingerprint density at radius 3 is 2.48 bits per heavy atom. The first kappa shape index (κ1) is 20.9. The number of halogens is 3. The molecule has 3 heterocycles. The molecular formula is C16H21F3N4O4. The van der Waals surface area contributed by atoms with Gasteiger partial charge < -0.3 is 19.6 Å². The number of fused-ring (bicyclic) bond motifs is 1. The number of alkyl halides is 3. The Hall–Kier alpha value is -2.43. The minimum absolute atomic E-state index is 0.249. The fourth-order valence-corrected chi connectivity index (χ4v) is 3.32. The monoisotopic (exact) mass is 390 g/mol. The van der Waals surface area contributed by atoms with Crippen molar-refractivity contribution in [3.8, 4) is 0 Å². The number of carboxylic acids is 1. The topological polar surface area (TPSA) is 95.9 Å². The van der Waals surface area contributed by atoms with Gasteiger partial charge in [-0.1, -0.05) is 0 Å². The van der Waals surface area contributed by atoms with Crippen molar-refractivity contribution in [2.24, 2.45) is 0 Å². The maximum atomic E-state index is 12.1. The Labute approximate surface area is 153 Å². The minimum atomic E-state index is -5.08. The van der Waals surface area contributed by atoms with E-state index in [0.717, 1.165) is 25.3 Å². The van der Waals surface area contributed by atoms with Crippen LogP contribution >= 0.6 is 0 Å². The molecule has 11 heteroatoms. The average Bonchev–Trinajstić information content (AvgIpc) is 3.05. The van der Waals surface area contributed by atoms with E-state index in [2.05, 4.69) is 14.9 Å². The Kier molecular flexibility index (Phi) is 6.94. The van der Waals surface area contributed by atoms with Crippen molar-refractivity contribution < 1.29 is 32.6 Å². The smallest absolute Gasteiger partial charge is 0.475 e. The van der Waals surface area contributed by atoms with Crippen LogP contribution in [0.4, 0.5) is 19.1 Å². The summed E-state index contributed by atoms with van der Waals surface area (Å²) >= 11 is 0. The van der Waals surface area contributed by atoms with Gasteiger partial charge in [0.25, 0.3) is 0 Å². The Morgan fingerprint density at radius 1 is 1.30 bits per heavy atom. The second-order valence-electron chi connectivity index (χ2n) is 6.09. The molecule has 0 radical (unpaired) electrons. The lowest BCUT2D eigenvalue weighted by Crippen LogP contribution is -2.53. The van der Waals surface area contributed by atoms with Crippen molar-refractivity contribution in [1.82, 2.24) is 14.9 Å². The number of nitrogens with zero attached hydrogens (tertiary/aromatic N) is 4. The molecule has 0 bridgehead atoms. The minimum Gasteiger partial charge on any atom is -0.475 e. The molecule has 2 saturated heterocycles. The molecule has 27 heavy (non-hydrogen) atoms. The molecule has 8 nitrogen and oxygen atoms in total. The molecule has 0 spiro atoms. The van der Waals surface area contributed by atoms with E-state index >= 15 is 0 Å². The number of methoxy groups -OCH3 is 1. The molecule has 0 aromatic carbocycles. The number of aliphatic carboxylic acids is 1. The van der Waals surface area contributed by atoms with Crippen LogP contribution in [0.2, 0.25) is 0 Å². The fourth-order valence-electron chi connectivity index (χ4n) is 3.32. The molecule has 150 valence electrons. The number of anilines is 1. The van der Waals surface area contributed by atoms with E-state index in [-0.39, 0.29) is 11.9 Å². The van der Waals surface area contributed by atoms with Gasteiger partial charge in [-0.2, -0.15) is 13.2 Å². The third-order valence-electron chi connectivity index (χ3n) is 4.47. The predicted octanol–water partition coefficient (Wildman–Crippen LogP) is 1.33. The summed E-state index contributed by atoms with van der Waals surface area (Å²) in [6.07, 6.45) is 0.941. The summed E-state index contributed by atoms with van der Waals surface area (Å²) in [7, 11) is 1.67. The van der Waals surface area contributed by atoms with Crippen molar-refractivity contribution >= 4 is 17.8 Å². The number of amides is 1. The third kappa shape index (κ3) is 5.28. The first-order chi connectivity index (χ1) is 12.8. The average molecular weight is 390 g/mol. The fraction of sp³-hybridized carbons (Fsp3) is 0.625. The highest BCUT2D eigenvalue weighted by molar-refractivity contribution is 5.78. The van der Waals surface area contributed by atoms with Crippen LogP contribution in [0, 0.1) is 0 Å². The zero-order valence-corrected chi connectivity index (χ0v) is 14.7. The molecule has 2 aliphatic rings. The van der Waals surface area contributed by atoms with Gasteiger partial charge in [0.05, 0.1) is 18.7 Å². The molecular weight excluding hydrogens is 369 g/mol. The number of piperidine rings is 1. The normalized spacial score (nSPS) is 22.1. The highest BCUT2D eigenvalue weighted by Gasteiger charge is 2.43. The van der Waals surface area contributed by atoms with Gasteiger partial charge in [-0.05, 0) is 18.9 Å². The maximum Gasteiger partial charge on any atom is 0.490 e. The molecule has 1 N–H and O–H groups in total. The van der Waals surface area contributed by atoms with Crippen LogP contribution in [-0.4, -0.2) is 76.9 Å². The number of ether oxygens (including phenoxy) is 1. The summed E-state index contributed by atoms with van der Waals surface area (Å²) < 4.78 is 36.9. The van der Waals surface area contributed by atoms with Gasteiger partial charge >= 0.3 is 12.1 Å². The number of hydrogen-bond acceptors (Lipinski definition) is 6. The summed E-state index contributed by atoms with van der Waals surface area (Å²) in [5.41, 5.74) is 0. The summed E-state index contributed by atoms with van der Waals surface area (Å²) in [6.45, 7) is 2.19. The summed E-state index contributed by atoms with van der Waals surface area (Å²) in [5.74, 6) is -1.73. The van der Waals surface area contributed by atoms with E-state index in [1.54, 1.807) is 19.5 Å². The van der Waals surface area contributed by atoms with Crippen LogP contribution in [0.1, 0.15) is 19.3 Å². The first-order valence-electron chi connectivity index (χ1n) is 8.38. The summed E-state index contributed by atoms with van der Waals surface area (Å²) in [5, 5.41) is 7.12. The van der Waals surface area contributed by atoms with Crippen molar-refractivity contribution in [2.45, 2.75) is 37.5 Å². The molecule has 2 atom stereocenters. The second-order valence-corrected chi connectivity index (χ2v) is 6.09. The Bertz CT molecular complexity index is 644. The first-order valence-corrected chi connectivity index (χ1v) is 8.38. The van der Waals surface area contributed by atoms with Gasteiger partial charge in [0.15, 0.2) is 0 Å². The van der Waals surface area contributed by atoms with E-state index in [1.165, 1.54) is 0 Å². The van der Waals surface area contributed by atoms with Crippen molar-refractivity contribution in [2.75, 3.05) is 31.7 Å². The van der Waals surface area contributed by atoms with Gasteiger partial charge in [-0.15, -0.1) is 0 Å². The molecule has 2 fully saturated rings. The van der Waals surface area contributed by atoms with Gasteiger partial charge in [-0.3, -0.25) is 4.79 Å². The predicted molar refractivity (Wildman–Crippen MR) is 88.1 cm³/mol. The van der Waals surface area contributed by atoms with Crippen LogP contribution in [0.3, 0.4) is 0 Å². The molecule has 1 aromatic rings. The van der Waals surface area contributed by atoms with E-state index in [9.17, 15) is 18.0 Å². The summed E-state index contributed by atoms with van der Waals surface area (Å²) in [6, 6.07) is 2.44. The largest absolute Gasteiger partial charge is 0.490 e. The van der Waals surface area contributed by atoms with Crippen molar-refractivity contribution in [1.29, 1.82) is 0 Å². The zero-order chi connectivity index (χ0) is 20.0. The standard InChI is InChI=1S/C14H20N4O2.C2HF3O2/c1-20-10-9-17-12-5-8-18(11(12)3-4-13(17)19)14-15-6-2-7-16-14;3-2(4,5)1(6)7/h2,6-7,11-12H,3-5,8-10H2,1H3;(H,6,7)/t11-,12+;/m1./s1. The Balaban J connectivity index is 0.000000321. The van der Waals surface area contributed by atoms with E-state index in [1.807, 2.05) is 11.0 Å². The highest BCUT2D eigenvalue weighted by atomic mass is 19.4. The summed E-state index contributed by atoms with van der Waals surface area (Å²) in [4.78, 5) is 33.9. The SMILES string of the molecule is COCCN1C(=O)CC[C@@H]2[C@@H]1CCN2c1ncccn1.O=C(O)C(F)(F)F. The quantitative estimate of drug-likeness (QED) is 0.829. The molecule has 2 aliphatic heterocycles. The van der Waals surface area contributed by atoms with E-state index in [0.29, 0.717) is 25.6 Å². The second kappa shape index (κ2) is 8.98. The van der Waals surface area contributed by atoms with Crippen LogP contribution in [-0.2, 0) is 14.3 Å². The lowest BCUT2D eigenvalue weighted by Gasteiger charge is -2.39. The number of carbonyl (C=O) groups excluding carboxylic acids is 1. The number of carbonyl (C=O) groups is 2. The maximum absolute atomic E-state index is 12.1. The van der Waals surface area contributed by atoms with Crippen LogP contribution in [0.5, 0.6) is 0 Å². The van der Waals surface area contributed by atoms with E-state index < -0.39 is 12.1 Å². The van der Waals surface area contributed by atoms with Crippen molar-refractivity contribution in [3.63, 3.8) is 0 Å². The number of likely N-dealkylation sites (tertiary alicyclic amines) is 1. The lowest BCUT2D eigenvalue weighted by molar-refractivity contribution is -0.192. The van der Waals surface area contributed by atoms with Crippen LogP contribution in [0.25, 0.3) is 0 Å². The molecule has 1 aromatic heterocycles. The van der Waals surface area contributed by atoms with E-state index in [4.69, 9.17) is 14.6 Å². The number of carboxylic acid groups (broad SMARTS) is 1. The van der Waals surface area contributed by atoms with Gasteiger partial charge in [0.1, 0.15) is 0 Å².